The number of phosphoric ester groups is 1. The minimum Gasteiger partial charge on any atom is -0.445 e. The van der Waals surface area contributed by atoms with Gasteiger partial charge in [-0.25, -0.2) is 18.9 Å². The summed E-state index contributed by atoms with van der Waals surface area (Å²) >= 11 is 17.1. The van der Waals surface area contributed by atoms with Crippen molar-refractivity contribution >= 4 is 151 Å². The van der Waals surface area contributed by atoms with E-state index in [0.29, 0.717) is 110 Å². The molecule has 10 amide bonds. The molecule has 0 fully saturated rings. The second kappa shape index (κ2) is 43.4. The SMILES string of the molecule is CC(C)[C@H](NC(=O)CCOCCOCCOCCOCCOCCOCCNC(=O)CBr)C(=O)N[C@@H](CCCNC(N)=O)C(=O)Nc1ccc(COC(=O)N(C)CCN(C)C(=O)Oc2cc3c(c4ccccc24)[C@H](CCl)CN3C(=O)c2ccc(C(=O)N3C[C@@H](CCl)c4c3cc(OP(=O)(O)O)c3ccccc43)s2)cc1. The Hall–Kier alpha value is -8.28. The maximum Gasteiger partial charge on any atom is 0.524 e. The van der Waals surface area contributed by atoms with Crippen molar-refractivity contribution in [3.63, 3.8) is 0 Å². The molecule has 36 heteroatoms. The zero-order chi connectivity index (χ0) is 78.6. The topological polar surface area (TPSA) is 393 Å². The van der Waals surface area contributed by atoms with Gasteiger partial charge in [0.15, 0.2) is 0 Å². The van der Waals surface area contributed by atoms with Gasteiger partial charge in [0, 0.05) is 112 Å². The van der Waals surface area contributed by atoms with E-state index in [1.54, 1.807) is 97.6 Å². The summed E-state index contributed by atoms with van der Waals surface area (Å²) in [6, 6.07) is 23.9. The highest BCUT2D eigenvalue weighted by molar-refractivity contribution is 9.09. The Morgan fingerprint density at radius 3 is 1.60 bits per heavy atom. The summed E-state index contributed by atoms with van der Waals surface area (Å²) in [4.78, 5) is 145. The molecule has 2 aliphatic heterocycles. The molecule has 4 atom stereocenters. The van der Waals surface area contributed by atoms with Crippen LogP contribution >= 0.6 is 58.3 Å². The van der Waals surface area contributed by atoms with Crippen molar-refractivity contribution in [2.75, 3.05) is 165 Å². The zero-order valence-corrected chi connectivity index (χ0v) is 65.6. The van der Waals surface area contributed by atoms with Crippen molar-refractivity contribution in [1.82, 2.24) is 31.1 Å². The van der Waals surface area contributed by atoms with Crippen LogP contribution in [0.2, 0.25) is 0 Å². The fraction of sp³-hybridized carbons (Fsp3) is 0.466. The number of rotatable bonds is 44. The Labute approximate surface area is 653 Å². The van der Waals surface area contributed by atoms with Crippen LogP contribution in [-0.4, -0.2) is 235 Å². The fourth-order valence-electron chi connectivity index (χ4n) is 11.9. The number of primary amides is 1. The van der Waals surface area contributed by atoms with E-state index in [-0.39, 0.29) is 140 Å². The first-order valence-corrected chi connectivity index (χ1v) is 39.8. The summed E-state index contributed by atoms with van der Waals surface area (Å²) in [6.07, 6.45) is -1.18. The highest BCUT2D eigenvalue weighted by Crippen LogP contribution is 2.50. The molecule has 0 bridgehead atoms. The van der Waals surface area contributed by atoms with Crippen LogP contribution in [0.25, 0.3) is 21.5 Å². The molecule has 0 saturated heterocycles. The average molecular weight is 1660 g/mol. The molecule has 1 aromatic heterocycles. The first kappa shape index (κ1) is 86.3. The number of nitrogens with zero attached hydrogens (tertiary/aromatic N) is 4. The highest BCUT2D eigenvalue weighted by Gasteiger charge is 2.40. The van der Waals surface area contributed by atoms with Gasteiger partial charge in [-0.15, -0.1) is 34.5 Å². The van der Waals surface area contributed by atoms with Crippen LogP contribution in [0.3, 0.4) is 0 Å². The van der Waals surface area contributed by atoms with Crippen molar-refractivity contribution in [1.29, 1.82) is 0 Å². The number of halogens is 3. The number of nitrogens with one attached hydrogen (secondary N) is 5. The lowest BCUT2D eigenvalue weighted by molar-refractivity contribution is -0.132. The highest BCUT2D eigenvalue weighted by atomic mass is 79.9. The molecule has 9 N–H and O–H groups in total. The molecule has 0 radical (unpaired) electrons. The molecule has 109 heavy (non-hydrogen) atoms. The second-order valence-corrected chi connectivity index (χ2v) is 29.1. The first-order valence-electron chi connectivity index (χ1n) is 35.2. The van der Waals surface area contributed by atoms with Gasteiger partial charge in [-0.3, -0.25) is 38.6 Å². The lowest BCUT2D eigenvalue weighted by atomic mass is 9.95. The van der Waals surface area contributed by atoms with Gasteiger partial charge in [-0.05, 0) is 70.5 Å². The van der Waals surface area contributed by atoms with Crippen molar-refractivity contribution in [2.45, 2.75) is 63.6 Å². The molecule has 31 nitrogen and oxygen atoms in total. The molecule has 2 aliphatic rings. The number of likely N-dealkylation sites (N-methyl/N-ethyl adjacent to an activating group) is 2. The number of fused-ring (bicyclic) bond motifs is 6. The van der Waals surface area contributed by atoms with E-state index in [0.717, 1.165) is 22.5 Å². The van der Waals surface area contributed by atoms with Crippen molar-refractivity contribution in [3.8, 4) is 11.5 Å². The maximum absolute atomic E-state index is 14.7. The lowest BCUT2D eigenvalue weighted by Crippen LogP contribution is -2.54. The van der Waals surface area contributed by atoms with Gasteiger partial charge in [-0.2, -0.15) is 0 Å². The summed E-state index contributed by atoms with van der Waals surface area (Å²) in [7, 11) is -2.01. The molecule has 0 unspecified atom stereocenters. The summed E-state index contributed by atoms with van der Waals surface area (Å²) in [5.41, 5.74) is 8.47. The third-order valence-electron chi connectivity index (χ3n) is 17.4. The second-order valence-electron chi connectivity index (χ2n) is 25.6. The largest absolute Gasteiger partial charge is 0.524 e. The monoisotopic (exact) mass is 1660 g/mol. The Kier molecular flexibility index (Phi) is 34.3. The van der Waals surface area contributed by atoms with Gasteiger partial charge in [-0.1, -0.05) is 90.4 Å². The summed E-state index contributed by atoms with van der Waals surface area (Å²) in [5, 5.41) is 16.0. The standard InChI is InChI=1S/C73H92BrCl2N10O21PS/c1-46(2)66(82-62(87)21-26-99-28-30-101-32-34-103-36-37-104-35-33-102-31-29-100-27-23-78-63(88)40-74)68(90)81-55(14-9-22-79-71(77)93)67(89)80-50-17-15-47(16-18-50)45-105-72(94)83(3)24-25-84(4)73(95)106-58-38-56-64(53-12-7-5-10-51(53)58)48(41-75)43-85(56)69(91)60-19-20-61(109-60)70(92)86-44-49(42-76)65-54-13-8-6-11-52(54)59(39-57(65)86)107-108(96,97)98/h5-8,10-13,15-20,38-39,46,48-49,55,66H,9,14,21-37,40-45H2,1-4H3,(H,78,88)(H,80,89)(H,81,90)(H,82,87)(H3,77,79,93)(H2,96,97,98)/t48-,49-,55+,66+/m1/s1. The number of nitrogens with two attached hydrogens (primary N) is 1. The number of phosphoric acid groups is 1. The zero-order valence-electron chi connectivity index (χ0n) is 60.8. The van der Waals surface area contributed by atoms with Crippen LogP contribution in [-0.2, 0) is 63.5 Å². The number of hydrogen-bond acceptors (Lipinski definition) is 20. The summed E-state index contributed by atoms with van der Waals surface area (Å²) in [5.74, 6) is -3.36. The number of ether oxygens (including phenoxy) is 8. The summed E-state index contributed by atoms with van der Waals surface area (Å²) in [6.45, 7) is 8.23. The molecule has 3 heterocycles. The van der Waals surface area contributed by atoms with E-state index in [9.17, 15) is 57.5 Å². The van der Waals surface area contributed by atoms with Gasteiger partial charge >= 0.3 is 26.0 Å². The molecular formula is C73H92BrCl2N10O21PS. The number of thiophene rings is 1. The van der Waals surface area contributed by atoms with Crippen molar-refractivity contribution in [2.24, 2.45) is 11.7 Å². The molecule has 6 aromatic rings. The number of benzene rings is 5. The predicted molar refractivity (Wildman–Crippen MR) is 414 cm³/mol. The Morgan fingerprint density at radius 1 is 0.615 bits per heavy atom. The van der Waals surface area contributed by atoms with Gasteiger partial charge in [0.05, 0.1) is 106 Å². The van der Waals surface area contributed by atoms with Gasteiger partial charge in [0.1, 0.15) is 30.2 Å². The van der Waals surface area contributed by atoms with Crippen molar-refractivity contribution in [3.05, 3.63) is 124 Å². The van der Waals surface area contributed by atoms with Crippen molar-refractivity contribution < 1.29 is 99.9 Å². The fourth-order valence-corrected chi connectivity index (χ4v) is 13.9. The molecule has 0 aliphatic carbocycles. The third kappa shape index (κ3) is 25.6. The Bertz CT molecular complexity index is 4160. The molecule has 0 saturated carbocycles. The predicted octanol–water partition coefficient (Wildman–Crippen LogP) is 8.20. The number of amides is 10. The van der Waals surface area contributed by atoms with E-state index in [1.807, 2.05) is 12.1 Å². The smallest absolute Gasteiger partial charge is 0.445 e. The molecular weight excluding hydrogens is 1570 g/mol. The van der Waals surface area contributed by atoms with E-state index in [2.05, 4.69) is 42.5 Å². The molecule has 5 aromatic carbocycles. The quantitative estimate of drug-likeness (QED) is 0.0101. The minimum absolute atomic E-state index is 0.0111. The first-order chi connectivity index (χ1) is 52.4. The number of urea groups is 1. The minimum atomic E-state index is -5.01. The number of anilines is 3. The van der Waals surface area contributed by atoms with Gasteiger partial charge in [0.25, 0.3) is 11.8 Å². The van der Waals surface area contributed by atoms with Crippen LogP contribution in [0.15, 0.2) is 97.1 Å². The normalized spacial score (nSPS) is 14.4. The van der Waals surface area contributed by atoms with Gasteiger partial charge in [0.2, 0.25) is 23.6 Å². The average Bonchev–Trinajstić information content (AvgIpc) is 1.62. The summed E-state index contributed by atoms with van der Waals surface area (Å²) < 4.78 is 61.8. The van der Waals surface area contributed by atoms with Crippen LogP contribution in [0.4, 0.5) is 31.4 Å². The third-order valence-corrected chi connectivity index (χ3v) is 20.2. The van der Waals surface area contributed by atoms with Crippen LogP contribution in [0.5, 0.6) is 11.5 Å². The Morgan fingerprint density at radius 2 is 1.10 bits per heavy atom. The van der Waals surface area contributed by atoms with Gasteiger partial charge < -0.3 is 94.3 Å². The number of hydrogen-bond donors (Lipinski definition) is 8. The molecule has 8 rings (SSSR count). The maximum atomic E-state index is 14.7. The number of alkyl halides is 3. The van der Waals surface area contributed by atoms with Crippen LogP contribution in [0.1, 0.15) is 81.0 Å². The number of carbonyl (C=O) groups is 9. The van der Waals surface area contributed by atoms with Crippen LogP contribution in [0, 0.1) is 5.92 Å². The van der Waals surface area contributed by atoms with E-state index < -0.39 is 67.7 Å². The van der Waals surface area contributed by atoms with E-state index in [4.69, 9.17) is 71.4 Å². The van der Waals surface area contributed by atoms with E-state index >= 15 is 0 Å². The lowest BCUT2D eigenvalue weighted by Gasteiger charge is -2.25. The number of carbonyl (C=O) groups excluding carboxylic acids is 9. The Balaban J connectivity index is 0.764. The van der Waals surface area contributed by atoms with E-state index in [1.165, 1.54) is 34.9 Å². The van der Waals surface area contributed by atoms with Crippen LogP contribution < -0.4 is 51.4 Å². The molecule has 592 valence electrons. The molecule has 0 spiro atoms.